The molecule has 0 radical (unpaired) electrons. The van der Waals surface area contributed by atoms with Crippen LogP contribution in [0.5, 0.6) is 0 Å². The fourth-order valence-corrected chi connectivity index (χ4v) is 5.83. The second-order valence-corrected chi connectivity index (χ2v) is 10.1. The van der Waals surface area contributed by atoms with E-state index in [0.717, 1.165) is 37.7 Å². The van der Waals surface area contributed by atoms with Crippen LogP contribution in [0.1, 0.15) is 58.4 Å². The van der Waals surface area contributed by atoms with Gasteiger partial charge in [0.15, 0.2) is 0 Å². The SMILES string of the molecule is CC(C)(C)OC(=O)NC1C2CC3C[C@H]1CC(NC(=O)OCc1ccccc1)(C3)C2. The Balaban J connectivity index is 1.35. The molecule has 6 nitrogen and oxygen atoms in total. The maximum Gasteiger partial charge on any atom is 0.407 e. The molecular formula is C23H32N2O4. The van der Waals surface area contributed by atoms with Gasteiger partial charge in [0, 0.05) is 11.6 Å². The molecule has 1 aromatic rings. The van der Waals surface area contributed by atoms with Crippen LogP contribution in [0.4, 0.5) is 9.59 Å². The normalized spacial score (nSPS) is 32.5. The van der Waals surface area contributed by atoms with E-state index in [0.29, 0.717) is 17.8 Å². The van der Waals surface area contributed by atoms with Crippen molar-refractivity contribution in [3.8, 4) is 0 Å². The van der Waals surface area contributed by atoms with E-state index >= 15 is 0 Å². The van der Waals surface area contributed by atoms with Crippen molar-refractivity contribution in [2.75, 3.05) is 0 Å². The molecular weight excluding hydrogens is 368 g/mol. The van der Waals surface area contributed by atoms with Gasteiger partial charge in [-0.1, -0.05) is 30.3 Å². The number of carbonyl (C=O) groups excluding carboxylic acids is 2. The predicted octanol–water partition coefficient (Wildman–Crippen LogP) is 4.38. The summed E-state index contributed by atoms with van der Waals surface area (Å²) in [4.78, 5) is 24.8. The molecule has 5 rings (SSSR count). The van der Waals surface area contributed by atoms with Gasteiger partial charge in [-0.25, -0.2) is 9.59 Å². The molecule has 4 unspecified atom stereocenters. The highest BCUT2D eigenvalue weighted by atomic mass is 16.6. The van der Waals surface area contributed by atoms with Crippen molar-refractivity contribution in [3.05, 3.63) is 35.9 Å². The monoisotopic (exact) mass is 400 g/mol. The van der Waals surface area contributed by atoms with Gasteiger partial charge in [0.05, 0.1) is 0 Å². The highest BCUT2D eigenvalue weighted by Crippen LogP contribution is 2.55. The lowest BCUT2D eigenvalue weighted by atomic mass is 9.51. The second-order valence-electron chi connectivity index (χ2n) is 10.1. The molecule has 4 fully saturated rings. The van der Waals surface area contributed by atoms with Crippen LogP contribution in [0.2, 0.25) is 0 Å². The smallest absolute Gasteiger partial charge is 0.407 e. The first-order chi connectivity index (χ1) is 13.7. The summed E-state index contributed by atoms with van der Waals surface area (Å²) in [5.41, 5.74) is 0.285. The zero-order valence-electron chi connectivity index (χ0n) is 17.6. The standard InChI is InChI=1S/C23H32N2O4/c1-22(2,3)29-20(26)24-19-17-9-16-10-18(19)13-23(11-16,12-17)25-21(27)28-14-15-7-5-4-6-8-15/h4-8,16-19H,9-14H2,1-3H3,(H,24,26)(H,25,27)/t16?,17-,18?,19?,23?/m0/s1. The van der Waals surface area contributed by atoms with E-state index < -0.39 is 5.60 Å². The minimum absolute atomic E-state index is 0.136. The van der Waals surface area contributed by atoms with Gasteiger partial charge in [0.2, 0.25) is 0 Å². The zero-order chi connectivity index (χ0) is 20.6. The highest BCUT2D eigenvalue weighted by Gasteiger charge is 2.56. The number of nitrogens with one attached hydrogen (secondary N) is 2. The van der Waals surface area contributed by atoms with Crippen molar-refractivity contribution in [2.45, 2.75) is 76.7 Å². The molecule has 0 aromatic heterocycles. The molecule has 2 N–H and O–H groups in total. The van der Waals surface area contributed by atoms with Crippen molar-refractivity contribution in [1.29, 1.82) is 0 Å². The van der Waals surface area contributed by atoms with E-state index in [4.69, 9.17) is 9.47 Å². The third-order valence-corrected chi connectivity index (χ3v) is 6.54. The summed E-state index contributed by atoms with van der Waals surface area (Å²) < 4.78 is 10.9. The van der Waals surface area contributed by atoms with E-state index in [1.807, 2.05) is 51.1 Å². The second kappa shape index (κ2) is 7.54. The minimum atomic E-state index is -0.499. The number of amides is 2. The number of alkyl carbamates (subject to hydrolysis) is 2. The Bertz CT molecular complexity index is 742. The van der Waals surface area contributed by atoms with Gasteiger partial charge in [-0.05, 0) is 76.2 Å². The molecule has 4 aliphatic rings. The first kappa shape index (κ1) is 20.0. The molecule has 1 aromatic carbocycles. The first-order valence-electron chi connectivity index (χ1n) is 10.7. The lowest BCUT2D eigenvalue weighted by Crippen LogP contribution is -2.66. The van der Waals surface area contributed by atoms with Gasteiger partial charge in [-0.15, -0.1) is 0 Å². The summed E-state index contributed by atoms with van der Waals surface area (Å²) in [6.45, 7) is 5.91. The quantitative estimate of drug-likeness (QED) is 0.786. The van der Waals surface area contributed by atoms with Crippen molar-refractivity contribution in [3.63, 3.8) is 0 Å². The molecule has 4 saturated carbocycles. The topological polar surface area (TPSA) is 76.7 Å². The number of ether oxygens (including phenoxy) is 2. The van der Waals surface area contributed by atoms with Crippen LogP contribution < -0.4 is 10.6 Å². The fourth-order valence-electron chi connectivity index (χ4n) is 5.83. The summed E-state index contributed by atoms with van der Waals surface area (Å²) in [7, 11) is 0. The molecule has 29 heavy (non-hydrogen) atoms. The van der Waals surface area contributed by atoms with Crippen LogP contribution in [0.25, 0.3) is 0 Å². The number of carbonyl (C=O) groups is 2. The van der Waals surface area contributed by atoms with Crippen LogP contribution >= 0.6 is 0 Å². The Labute approximate surface area is 172 Å². The number of benzene rings is 1. The minimum Gasteiger partial charge on any atom is -0.445 e. The Morgan fingerprint density at radius 3 is 2.31 bits per heavy atom. The van der Waals surface area contributed by atoms with E-state index in [2.05, 4.69) is 10.6 Å². The number of rotatable bonds is 4. The van der Waals surface area contributed by atoms with E-state index in [1.54, 1.807) is 0 Å². The largest absolute Gasteiger partial charge is 0.445 e. The van der Waals surface area contributed by atoms with E-state index in [-0.39, 0.29) is 30.4 Å². The average molecular weight is 401 g/mol. The van der Waals surface area contributed by atoms with Crippen molar-refractivity contribution in [2.24, 2.45) is 17.8 Å². The van der Waals surface area contributed by atoms with Gasteiger partial charge in [0.25, 0.3) is 0 Å². The van der Waals surface area contributed by atoms with Crippen LogP contribution in [0.3, 0.4) is 0 Å². The molecule has 5 atom stereocenters. The van der Waals surface area contributed by atoms with Crippen molar-refractivity contribution >= 4 is 12.2 Å². The Kier molecular flexibility index (Phi) is 5.21. The van der Waals surface area contributed by atoms with Gasteiger partial charge in [-0.3, -0.25) is 0 Å². The van der Waals surface area contributed by atoms with Crippen LogP contribution in [0, 0.1) is 17.8 Å². The van der Waals surface area contributed by atoms with Gasteiger partial charge in [-0.2, -0.15) is 0 Å². The Hall–Kier alpha value is -2.24. The molecule has 0 saturated heterocycles. The summed E-state index contributed by atoms with van der Waals surface area (Å²) in [6.07, 6.45) is 4.34. The predicted molar refractivity (Wildman–Crippen MR) is 109 cm³/mol. The molecule has 4 bridgehead atoms. The van der Waals surface area contributed by atoms with E-state index in [1.165, 1.54) is 0 Å². The van der Waals surface area contributed by atoms with Gasteiger partial charge >= 0.3 is 12.2 Å². The molecule has 0 aliphatic heterocycles. The first-order valence-corrected chi connectivity index (χ1v) is 10.7. The Morgan fingerprint density at radius 1 is 1.03 bits per heavy atom. The third kappa shape index (κ3) is 4.68. The average Bonchev–Trinajstić information content (AvgIpc) is 2.61. The highest BCUT2D eigenvalue weighted by molar-refractivity contribution is 5.69. The third-order valence-electron chi connectivity index (χ3n) is 6.54. The fraction of sp³-hybridized carbons (Fsp3) is 0.652. The van der Waals surface area contributed by atoms with Crippen LogP contribution in [-0.2, 0) is 16.1 Å². The lowest BCUT2D eigenvalue weighted by Gasteiger charge is -2.59. The van der Waals surface area contributed by atoms with Gasteiger partial charge < -0.3 is 20.1 Å². The molecule has 2 amide bonds. The molecule has 0 spiro atoms. The van der Waals surface area contributed by atoms with Crippen molar-refractivity contribution in [1.82, 2.24) is 10.6 Å². The molecule has 4 aliphatic carbocycles. The summed E-state index contributed by atoms with van der Waals surface area (Å²) >= 11 is 0. The van der Waals surface area contributed by atoms with Crippen LogP contribution in [0.15, 0.2) is 30.3 Å². The van der Waals surface area contributed by atoms with E-state index in [9.17, 15) is 9.59 Å². The molecule has 6 heteroatoms. The summed E-state index contributed by atoms with van der Waals surface area (Å²) in [6, 6.07) is 9.86. The van der Waals surface area contributed by atoms with Crippen LogP contribution in [-0.4, -0.2) is 29.4 Å². The van der Waals surface area contributed by atoms with Crippen molar-refractivity contribution < 1.29 is 19.1 Å². The maximum atomic E-state index is 12.5. The Morgan fingerprint density at radius 2 is 1.69 bits per heavy atom. The lowest BCUT2D eigenvalue weighted by molar-refractivity contribution is -0.0480. The zero-order valence-corrected chi connectivity index (χ0v) is 17.6. The summed E-state index contributed by atoms with van der Waals surface area (Å²) in [5.74, 6) is 1.37. The number of hydrogen-bond donors (Lipinski definition) is 2. The maximum absolute atomic E-state index is 12.5. The number of hydrogen-bond acceptors (Lipinski definition) is 4. The molecule has 0 heterocycles. The molecule has 158 valence electrons. The van der Waals surface area contributed by atoms with Gasteiger partial charge in [0.1, 0.15) is 12.2 Å². The summed E-state index contributed by atoms with van der Waals surface area (Å²) in [5, 5.41) is 6.33.